The third kappa shape index (κ3) is 3.35. The molecule has 0 aliphatic carbocycles. The van der Waals surface area contributed by atoms with E-state index >= 15 is 0 Å². The summed E-state index contributed by atoms with van der Waals surface area (Å²) in [5.41, 5.74) is 0.330. The molecule has 0 bridgehead atoms. The summed E-state index contributed by atoms with van der Waals surface area (Å²) in [5, 5.41) is 20.1. The molecule has 106 valence electrons. The molecule has 0 spiro atoms. The monoisotopic (exact) mass is 364 g/mol. The number of hydrogen-bond donors (Lipinski definition) is 0. The third-order valence-electron chi connectivity index (χ3n) is 2.67. The number of thioether (sulfide) groups is 1. The maximum absolute atomic E-state index is 10.8. The molecule has 21 heavy (non-hydrogen) atoms. The Labute approximate surface area is 133 Å². The van der Waals surface area contributed by atoms with Gasteiger partial charge in [0, 0.05) is 11.0 Å². The van der Waals surface area contributed by atoms with Crippen molar-refractivity contribution in [3.63, 3.8) is 0 Å². The van der Waals surface area contributed by atoms with Crippen LogP contribution in [0.4, 0.5) is 5.69 Å². The van der Waals surface area contributed by atoms with Gasteiger partial charge in [-0.15, -0.1) is 11.8 Å². The Bertz CT molecular complexity index is 743. The van der Waals surface area contributed by atoms with Crippen LogP contribution in [0.3, 0.4) is 0 Å². The van der Waals surface area contributed by atoms with Crippen LogP contribution < -0.4 is 4.74 Å². The summed E-state index contributed by atoms with van der Waals surface area (Å²) in [6, 6.07) is 11.6. The van der Waals surface area contributed by atoms with Crippen LogP contribution >= 0.6 is 27.7 Å². The Hall–Kier alpha value is -2.04. The second-order valence-corrected chi connectivity index (χ2v) is 5.62. The van der Waals surface area contributed by atoms with Crippen LogP contribution in [-0.4, -0.2) is 11.2 Å². The number of nitro groups is 1. The minimum absolute atomic E-state index is 0.0762. The van der Waals surface area contributed by atoms with E-state index in [9.17, 15) is 15.4 Å². The lowest BCUT2D eigenvalue weighted by Gasteiger charge is -2.10. The molecule has 0 aromatic heterocycles. The molecule has 0 amide bonds. The van der Waals surface area contributed by atoms with Gasteiger partial charge in [0.1, 0.15) is 23.1 Å². The Kier molecular flexibility index (Phi) is 4.83. The van der Waals surface area contributed by atoms with E-state index in [1.807, 2.05) is 12.3 Å². The second-order valence-electron chi connectivity index (χ2n) is 3.92. The van der Waals surface area contributed by atoms with E-state index in [4.69, 9.17) is 4.74 Å². The number of rotatable bonds is 4. The van der Waals surface area contributed by atoms with E-state index < -0.39 is 4.92 Å². The van der Waals surface area contributed by atoms with Gasteiger partial charge in [-0.1, -0.05) is 6.07 Å². The molecule has 2 aromatic carbocycles. The van der Waals surface area contributed by atoms with E-state index in [1.54, 1.807) is 12.1 Å². The lowest BCUT2D eigenvalue weighted by Crippen LogP contribution is -1.93. The molecule has 2 rings (SSSR count). The number of halogens is 1. The van der Waals surface area contributed by atoms with Gasteiger partial charge < -0.3 is 4.74 Å². The largest absolute Gasteiger partial charge is 0.454 e. The van der Waals surface area contributed by atoms with Crippen molar-refractivity contribution in [3.8, 4) is 17.6 Å². The molecule has 0 atom stereocenters. The zero-order valence-corrected chi connectivity index (χ0v) is 13.3. The highest BCUT2D eigenvalue weighted by Gasteiger charge is 2.14. The summed E-state index contributed by atoms with van der Waals surface area (Å²) in [6.45, 7) is 0. The van der Waals surface area contributed by atoms with E-state index in [0.29, 0.717) is 21.5 Å². The van der Waals surface area contributed by atoms with Gasteiger partial charge in [0.25, 0.3) is 5.69 Å². The first-order valence-corrected chi connectivity index (χ1v) is 7.77. The van der Waals surface area contributed by atoms with Gasteiger partial charge in [0.05, 0.1) is 15.5 Å². The molecule has 0 N–H and O–H groups in total. The van der Waals surface area contributed by atoms with Crippen LogP contribution in [0.1, 0.15) is 5.56 Å². The first-order chi connectivity index (χ1) is 10.1. The van der Waals surface area contributed by atoms with Crippen molar-refractivity contribution in [3.05, 3.63) is 56.5 Å². The van der Waals surface area contributed by atoms with Crippen molar-refractivity contribution >= 4 is 33.4 Å². The molecule has 0 radical (unpaired) electrons. The van der Waals surface area contributed by atoms with Gasteiger partial charge in [-0.05, 0) is 40.4 Å². The standard InChI is InChI=1S/C14H9BrN2O3S/c1-21-14-4-2-3-12(10(14)8-16)20-13-7-9(17(18)19)5-6-11(13)15/h2-7H,1H3. The minimum atomic E-state index is -0.497. The fraction of sp³-hybridized carbons (Fsp3) is 0.0714. The zero-order chi connectivity index (χ0) is 15.4. The molecular formula is C14H9BrN2O3S. The van der Waals surface area contributed by atoms with Gasteiger partial charge in [-0.2, -0.15) is 5.26 Å². The highest BCUT2D eigenvalue weighted by molar-refractivity contribution is 9.10. The normalized spacial score (nSPS) is 9.95. The lowest BCUT2D eigenvalue weighted by molar-refractivity contribution is -0.384. The number of nitrogens with zero attached hydrogens (tertiary/aromatic N) is 2. The van der Waals surface area contributed by atoms with Crippen LogP contribution in [0.2, 0.25) is 0 Å². The molecule has 0 aliphatic heterocycles. The fourth-order valence-corrected chi connectivity index (χ4v) is 2.57. The Morgan fingerprint density at radius 2 is 2.10 bits per heavy atom. The maximum atomic E-state index is 10.8. The Morgan fingerprint density at radius 3 is 2.71 bits per heavy atom. The highest BCUT2D eigenvalue weighted by atomic mass is 79.9. The SMILES string of the molecule is CSc1cccc(Oc2cc([N+](=O)[O-])ccc2Br)c1C#N. The van der Waals surface area contributed by atoms with Crippen LogP contribution in [0.25, 0.3) is 0 Å². The van der Waals surface area contributed by atoms with Crippen molar-refractivity contribution in [2.45, 2.75) is 4.90 Å². The molecule has 7 heteroatoms. The second kappa shape index (κ2) is 6.61. The van der Waals surface area contributed by atoms with Crippen molar-refractivity contribution in [2.24, 2.45) is 0 Å². The van der Waals surface area contributed by atoms with Crippen LogP contribution in [-0.2, 0) is 0 Å². The minimum Gasteiger partial charge on any atom is -0.454 e. The molecule has 0 aliphatic rings. The summed E-state index contributed by atoms with van der Waals surface area (Å²) in [6.07, 6.45) is 1.86. The molecule has 0 heterocycles. The third-order valence-corrected chi connectivity index (χ3v) is 4.10. The van der Waals surface area contributed by atoms with Gasteiger partial charge in [-0.25, -0.2) is 0 Å². The summed E-state index contributed by atoms with van der Waals surface area (Å²) in [5.74, 6) is 0.657. The summed E-state index contributed by atoms with van der Waals surface area (Å²) >= 11 is 4.72. The van der Waals surface area contributed by atoms with Crippen LogP contribution in [0.5, 0.6) is 11.5 Å². The molecular weight excluding hydrogens is 356 g/mol. The molecule has 0 saturated heterocycles. The van der Waals surface area contributed by atoms with Crippen molar-refractivity contribution in [1.29, 1.82) is 5.26 Å². The first-order valence-electron chi connectivity index (χ1n) is 5.75. The predicted octanol–water partition coefficient (Wildman–Crippen LogP) is 4.74. The van der Waals surface area contributed by atoms with Gasteiger partial charge in [0.15, 0.2) is 0 Å². The van der Waals surface area contributed by atoms with Crippen LogP contribution in [0.15, 0.2) is 45.8 Å². The maximum Gasteiger partial charge on any atom is 0.273 e. The molecule has 5 nitrogen and oxygen atoms in total. The van der Waals surface area contributed by atoms with Crippen LogP contribution in [0, 0.1) is 21.4 Å². The first kappa shape index (κ1) is 15.4. The fourth-order valence-electron chi connectivity index (χ4n) is 1.68. The van der Waals surface area contributed by atoms with Crippen molar-refractivity contribution < 1.29 is 9.66 Å². The quantitative estimate of drug-likeness (QED) is 0.444. The number of benzene rings is 2. The highest BCUT2D eigenvalue weighted by Crippen LogP contribution is 2.36. The number of hydrogen-bond acceptors (Lipinski definition) is 5. The summed E-state index contributed by atoms with van der Waals surface area (Å²) in [7, 11) is 0. The predicted molar refractivity (Wildman–Crippen MR) is 83.8 cm³/mol. The van der Waals surface area contributed by atoms with E-state index in [2.05, 4.69) is 22.0 Å². The topological polar surface area (TPSA) is 76.2 Å². The summed E-state index contributed by atoms with van der Waals surface area (Å²) in [4.78, 5) is 11.1. The summed E-state index contributed by atoms with van der Waals surface area (Å²) < 4.78 is 6.25. The molecule has 0 unspecified atom stereocenters. The smallest absolute Gasteiger partial charge is 0.273 e. The van der Waals surface area contributed by atoms with Crippen molar-refractivity contribution in [1.82, 2.24) is 0 Å². The average Bonchev–Trinajstić information content (AvgIpc) is 2.48. The lowest BCUT2D eigenvalue weighted by atomic mass is 10.2. The van der Waals surface area contributed by atoms with Gasteiger partial charge in [-0.3, -0.25) is 10.1 Å². The molecule has 0 saturated carbocycles. The molecule has 2 aromatic rings. The zero-order valence-electron chi connectivity index (χ0n) is 10.9. The number of nitro benzene ring substituents is 1. The molecule has 0 fully saturated rings. The number of non-ortho nitro benzene ring substituents is 1. The number of nitriles is 1. The van der Waals surface area contributed by atoms with Crippen molar-refractivity contribution in [2.75, 3.05) is 6.26 Å². The van der Waals surface area contributed by atoms with E-state index in [1.165, 1.54) is 30.0 Å². The number of ether oxygens (including phenoxy) is 1. The average molecular weight is 365 g/mol. The van der Waals surface area contributed by atoms with E-state index in [-0.39, 0.29) is 5.69 Å². The van der Waals surface area contributed by atoms with Gasteiger partial charge in [0.2, 0.25) is 0 Å². The Morgan fingerprint density at radius 1 is 1.33 bits per heavy atom. The van der Waals surface area contributed by atoms with E-state index in [0.717, 1.165) is 4.90 Å². The van der Waals surface area contributed by atoms with Gasteiger partial charge >= 0.3 is 0 Å². The Balaban J connectivity index is 2.46.